The zero-order valence-corrected chi connectivity index (χ0v) is 21.5. The Bertz CT molecular complexity index is 1010. The summed E-state index contributed by atoms with van der Waals surface area (Å²) in [4.78, 5) is 18.3. The van der Waals surface area contributed by atoms with Crippen molar-refractivity contribution in [1.82, 2.24) is 9.79 Å². The van der Waals surface area contributed by atoms with Crippen LogP contribution in [0.4, 0.5) is 4.79 Å². The van der Waals surface area contributed by atoms with Gasteiger partial charge >= 0.3 is 6.09 Å². The van der Waals surface area contributed by atoms with Crippen LogP contribution in [0, 0.1) is 0 Å². The fourth-order valence-electron chi connectivity index (χ4n) is 3.09. The minimum absolute atomic E-state index is 0.0335. The first kappa shape index (κ1) is 27.8. The summed E-state index contributed by atoms with van der Waals surface area (Å²) in [7, 11) is -4.09. The first-order valence-corrected chi connectivity index (χ1v) is 12.6. The van der Waals surface area contributed by atoms with Crippen molar-refractivity contribution < 1.29 is 27.9 Å². The van der Waals surface area contributed by atoms with Crippen LogP contribution in [0.25, 0.3) is 0 Å². The Kier molecular flexibility index (Phi) is 9.24. The molecule has 0 unspecified atom stereocenters. The topological polar surface area (TPSA) is 105 Å². The molecule has 8 nitrogen and oxygen atoms in total. The minimum Gasteiger partial charge on any atom is -0.444 e. The summed E-state index contributed by atoms with van der Waals surface area (Å²) in [6, 6.07) is 16.3. The number of rotatable bonds is 9. The van der Waals surface area contributed by atoms with Crippen LogP contribution < -0.4 is 5.32 Å². The van der Waals surface area contributed by atoms with E-state index in [1.54, 1.807) is 59.7 Å². The van der Waals surface area contributed by atoms with Crippen LogP contribution in [-0.2, 0) is 26.0 Å². The Labute approximate surface area is 202 Å². The third kappa shape index (κ3) is 9.06. The molecule has 0 heterocycles. The third-order valence-corrected chi connectivity index (χ3v) is 6.11. The third-order valence-electron chi connectivity index (χ3n) is 4.49. The van der Waals surface area contributed by atoms with Crippen molar-refractivity contribution in [3.63, 3.8) is 0 Å². The Hall–Kier alpha value is -2.46. The average Bonchev–Trinajstić information content (AvgIpc) is 2.72. The maximum absolute atomic E-state index is 13.3. The van der Waals surface area contributed by atoms with Crippen molar-refractivity contribution in [3.05, 3.63) is 66.2 Å². The summed E-state index contributed by atoms with van der Waals surface area (Å²) in [5.74, 6) is 0. The zero-order valence-electron chi connectivity index (χ0n) is 20.7. The largest absolute Gasteiger partial charge is 0.444 e. The number of benzene rings is 2. The van der Waals surface area contributed by atoms with Crippen molar-refractivity contribution in [2.24, 2.45) is 0 Å². The molecule has 188 valence electrons. The average molecular weight is 493 g/mol. The lowest BCUT2D eigenvalue weighted by atomic mass is 10.0. The normalized spacial score (nSPS) is 14.5. The van der Waals surface area contributed by atoms with Gasteiger partial charge in [-0.15, -0.1) is 0 Å². The number of amides is 1. The second-order valence-electron chi connectivity index (χ2n) is 10.0. The fourth-order valence-corrected chi connectivity index (χ4v) is 4.50. The van der Waals surface area contributed by atoms with E-state index in [9.17, 15) is 18.3 Å². The molecule has 1 amide bonds. The number of nitrogens with one attached hydrogen (secondary N) is 1. The second kappa shape index (κ2) is 11.3. The van der Waals surface area contributed by atoms with E-state index in [0.29, 0.717) is 0 Å². The van der Waals surface area contributed by atoms with Crippen molar-refractivity contribution in [2.45, 2.75) is 76.2 Å². The van der Waals surface area contributed by atoms with Gasteiger partial charge in [0, 0.05) is 0 Å². The number of nitrogens with zero attached hydrogens (tertiary/aromatic N) is 1. The summed E-state index contributed by atoms with van der Waals surface area (Å²) < 4.78 is 32.8. The van der Waals surface area contributed by atoms with Crippen molar-refractivity contribution in [3.8, 4) is 0 Å². The summed E-state index contributed by atoms with van der Waals surface area (Å²) >= 11 is 0. The maximum atomic E-state index is 13.3. The molecule has 2 aromatic rings. The van der Waals surface area contributed by atoms with Crippen LogP contribution in [0.3, 0.4) is 0 Å². The van der Waals surface area contributed by atoms with Gasteiger partial charge in [-0.1, -0.05) is 53.0 Å². The molecular weight excluding hydrogens is 456 g/mol. The molecule has 2 aromatic carbocycles. The molecule has 0 bridgehead atoms. The Morgan fingerprint density at radius 3 is 1.97 bits per heavy atom. The molecule has 9 heteroatoms. The summed E-state index contributed by atoms with van der Waals surface area (Å²) in [5.41, 5.74) is -0.726. The van der Waals surface area contributed by atoms with Gasteiger partial charge in [-0.25, -0.2) is 13.2 Å². The number of carbonyl (C=O) groups is 1. The second-order valence-corrected chi connectivity index (χ2v) is 11.8. The number of aliphatic hydroxyl groups is 1. The first-order valence-electron chi connectivity index (χ1n) is 11.2. The van der Waals surface area contributed by atoms with E-state index >= 15 is 0 Å². The van der Waals surface area contributed by atoms with Crippen LogP contribution in [-0.4, -0.2) is 54.0 Å². The van der Waals surface area contributed by atoms with Gasteiger partial charge < -0.3 is 15.2 Å². The molecule has 0 saturated carbocycles. The molecule has 0 radical (unpaired) electrons. The van der Waals surface area contributed by atoms with Crippen LogP contribution in [0.1, 0.15) is 47.1 Å². The molecule has 2 rings (SSSR count). The maximum Gasteiger partial charge on any atom is 0.407 e. The highest BCUT2D eigenvalue weighted by atomic mass is 32.2. The number of hydrogen-bond acceptors (Lipinski definition) is 6. The molecule has 0 saturated heterocycles. The Morgan fingerprint density at radius 1 is 0.941 bits per heavy atom. The van der Waals surface area contributed by atoms with Crippen molar-refractivity contribution >= 4 is 16.1 Å². The molecule has 0 spiro atoms. The highest BCUT2D eigenvalue weighted by Crippen LogP contribution is 2.22. The number of hydrogen-bond donors (Lipinski definition) is 2. The van der Waals surface area contributed by atoms with Gasteiger partial charge in [0.1, 0.15) is 5.60 Å². The molecule has 34 heavy (non-hydrogen) atoms. The lowest BCUT2D eigenvalue weighted by Gasteiger charge is -2.33. The molecule has 0 aliphatic heterocycles. The van der Waals surface area contributed by atoms with E-state index < -0.39 is 46.0 Å². The fraction of sp³-hybridized carbons (Fsp3) is 0.480. The molecule has 2 atom stereocenters. The zero-order chi connectivity index (χ0) is 25.6. The minimum atomic E-state index is -4.09. The smallest absolute Gasteiger partial charge is 0.407 e. The van der Waals surface area contributed by atoms with Gasteiger partial charge in [-0.3, -0.25) is 4.84 Å². The quantitative estimate of drug-likeness (QED) is 0.515. The van der Waals surface area contributed by atoms with E-state index in [1.807, 2.05) is 30.3 Å². The van der Waals surface area contributed by atoms with E-state index in [4.69, 9.17) is 9.57 Å². The van der Waals surface area contributed by atoms with Gasteiger partial charge in [-0.2, -0.15) is 0 Å². The lowest BCUT2D eigenvalue weighted by molar-refractivity contribution is -0.181. The SMILES string of the molecule is CC(C)(C)OC(=O)N[C@@H](Cc1ccccc1)[C@H](O)CN(OC(C)(C)C)S(=O)(=O)c1ccccc1. The predicted molar refractivity (Wildman–Crippen MR) is 130 cm³/mol. The number of hydroxylamine groups is 1. The van der Waals surface area contributed by atoms with E-state index in [1.165, 1.54) is 12.1 Å². The molecule has 0 fully saturated rings. The van der Waals surface area contributed by atoms with Gasteiger partial charge in [0.2, 0.25) is 0 Å². The Balaban J connectivity index is 2.33. The molecule has 2 N–H and O–H groups in total. The van der Waals surface area contributed by atoms with E-state index in [2.05, 4.69) is 5.32 Å². The Morgan fingerprint density at radius 2 is 1.47 bits per heavy atom. The van der Waals surface area contributed by atoms with Crippen LogP contribution >= 0.6 is 0 Å². The van der Waals surface area contributed by atoms with Gasteiger partial charge in [0.15, 0.2) is 0 Å². The summed E-state index contributed by atoms with van der Waals surface area (Å²) in [5, 5.41) is 13.8. The van der Waals surface area contributed by atoms with Crippen molar-refractivity contribution in [1.29, 1.82) is 0 Å². The van der Waals surface area contributed by atoms with Crippen LogP contribution in [0.5, 0.6) is 0 Å². The van der Waals surface area contributed by atoms with E-state index in [0.717, 1.165) is 10.0 Å². The molecular formula is C25H36N2O6S. The lowest BCUT2D eigenvalue weighted by Crippen LogP contribution is -2.52. The summed E-state index contributed by atoms with van der Waals surface area (Å²) in [6.07, 6.45) is -1.74. The van der Waals surface area contributed by atoms with Gasteiger partial charge in [0.05, 0.1) is 29.2 Å². The van der Waals surface area contributed by atoms with Gasteiger partial charge in [-0.05, 0) is 65.7 Å². The molecule has 0 aliphatic carbocycles. The molecule has 0 aliphatic rings. The highest BCUT2D eigenvalue weighted by molar-refractivity contribution is 7.89. The standard InChI is InChI=1S/C25H36N2O6S/c1-24(2,3)32-23(29)26-21(17-19-13-9-7-10-14-19)22(28)18-27(33-25(4,5)6)34(30,31)20-15-11-8-12-16-20/h7-16,21-22,28H,17-18H2,1-6H3,(H,26,29)/t21-,22+/m0/s1. The van der Waals surface area contributed by atoms with Crippen molar-refractivity contribution in [2.75, 3.05) is 6.54 Å². The van der Waals surface area contributed by atoms with Crippen LogP contribution in [0.2, 0.25) is 0 Å². The molecule has 0 aromatic heterocycles. The predicted octanol–water partition coefficient (Wildman–Crippen LogP) is 3.90. The number of aliphatic hydroxyl groups excluding tert-OH is 1. The highest BCUT2D eigenvalue weighted by Gasteiger charge is 2.35. The summed E-state index contributed by atoms with van der Waals surface area (Å²) in [6.45, 7) is 9.96. The monoisotopic (exact) mass is 492 g/mol. The number of ether oxygens (including phenoxy) is 1. The first-order chi connectivity index (χ1) is 15.7. The van der Waals surface area contributed by atoms with Gasteiger partial charge in [0.25, 0.3) is 10.0 Å². The van der Waals surface area contributed by atoms with Crippen LogP contribution in [0.15, 0.2) is 65.6 Å². The number of carbonyl (C=O) groups excluding carboxylic acids is 1. The number of alkyl carbamates (subject to hydrolysis) is 1. The van der Waals surface area contributed by atoms with E-state index in [-0.39, 0.29) is 11.3 Å². The number of sulfonamides is 1.